The predicted molar refractivity (Wildman–Crippen MR) is 78.7 cm³/mol. The lowest BCUT2D eigenvalue weighted by molar-refractivity contribution is 0.629. The van der Waals surface area contributed by atoms with E-state index in [9.17, 15) is 4.39 Å². The van der Waals surface area contributed by atoms with Crippen LogP contribution >= 0.6 is 23.5 Å². The highest BCUT2D eigenvalue weighted by atomic mass is 32.2. The Kier molecular flexibility index (Phi) is 4.96. The van der Waals surface area contributed by atoms with E-state index in [0.717, 1.165) is 16.4 Å². The molecular formula is C14H14FNS2. The molecule has 1 nitrogen and oxygen atoms in total. The van der Waals surface area contributed by atoms with Crippen molar-refractivity contribution in [1.82, 2.24) is 0 Å². The molecule has 4 heteroatoms. The van der Waals surface area contributed by atoms with Gasteiger partial charge < -0.3 is 5.73 Å². The van der Waals surface area contributed by atoms with Crippen LogP contribution < -0.4 is 5.73 Å². The number of halogens is 1. The number of rotatable bonds is 5. The molecule has 2 aromatic rings. The van der Waals surface area contributed by atoms with E-state index in [-0.39, 0.29) is 11.5 Å². The summed E-state index contributed by atoms with van der Waals surface area (Å²) in [6.45, 7) is 0. The first-order valence-corrected chi connectivity index (χ1v) is 7.58. The second kappa shape index (κ2) is 6.71. The van der Waals surface area contributed by atoms with E-state index >= 15 is 0 Å². The summed E-state index contributed by atoms with van der Waals surface area (Å²) < 4.78 is 13.2. The number of nitrogens with two attached hydrogens (primary N) is 1. The van der Waals surface area contributed by atoms with Crippen LogP contribution in [0.4, 0.5) is 10.1 Å². The molecular weight excluding hydrogens is 265 g/mol. The molecule has 18 heavy (non-hydrogen) atoms. The maximum atomic E-state index is 13.2. The minimum Gasteiger partial charge on any atom is -0.396 e. The highest BCUT2D eigenvalue weighted by molar-refractivity contribution is 8.03. The summed E-state index contributed by atoms with van der Waals surface area (Å²) in [5, 5.41) is 0. The fourth-order valence-corrected chi connectivity index (χ4v) is 3.27. The van der Waals surface area contributed by atoms with Crippen molar-refractivity contribution in [2.75, 3.05) is 17.2 Å². The summed E-state index contributed by atoms with van der Waals surface area (Å²) in [7, 11) is 0. The minimum atomic E-state index is -0.337. The van der Waals surface area contributed by atoms with Crippen LogP contribution in [0.2, 0.25) is 0 Å². The van der Waals surface area contributed by atoms with Crippen LogP contribution in [0.25, 0.3) is 0 Å². The molecule has 0 aliphatic carbocycles. The van der Waals surface area contributed by atoms with Crippen LogP contribution in [-0.4, -0.2) is 11.5 Å². The van der Waals surface area contributed by atoms with Crippen LogP contribution in [0.5, 0.6) is 0 Å². The first-order valence-electron chi connectivity index (χ1n) is 5.61. The zero-order valence-corrected chi connectivity index (χ0v) is 11.4. The maximum absolute atomic E-state index is 13.2. The van der Waals surface area contributed by atoms with Crippen molar-refractivity contribution in [3.63, 3.8) is 0 Å². The zero-order valence-electron chi connectivity index (χ0n) is 9.80. The molecule has 2 aromatic carbocycles. The predicted octanol–water partition coefficient (Wildman–Crippen LogP) is 4.29. The standard InChI is InChI=1S/C14H14FNS2/c15-13-10-12(6-7-14(13)16)18-9-8-17-11-4-2-1-3-5-11/h1-7,10H,8-9,16H2. The van der Waals surface area contributed by atoms with Gasteiger partial charge in [-0.1, -0.05) is 18.2 Å². The molecule has 0 radical (unpaired) electrons. The van der Waals surface area contributed by atoms with Gasteiger partial charge in [0.05, 0.1) is 5.69 Å². The first kappa shape index (κ1) is 13.3. The van der Waals surface area contributed by atoms with E-state index in [1.807, 2.05) is 36.0 Å². The molecule has 0 fully saturated rings. The Bertz CT molecular complexity index is 502. The monoisotopic (exact) mass is 279 g/mol. The summed E-state index contributed by atoms with van der Waals surface area (Å²) in [5.41, 5.74) is 5.64. The molecule has 2 N–H and O–H groups in total. The van der Waals surface area contributed by atoms with E-state index in [2.05, 4.69) is 12.1 Å². The fourth-order valence-electron chi connectivity index (χ4n) is 1.43. The Hall–Kier alpha value is -1.13. The Balaban J connectivity index is 1.77. The van der Waals surface area contributed by atoms with Gasteiger partial charge in [-0.05, 0) is 30.3 Å². The largest absolute Gasteiger partial charge is 0.396 e. The van der Waals surface area contributed by atoms with Crippen LogP contribution in [0.3, 0.4) is 0 Å². The lowest BCUT2D eigenvalue weighted by Gasteiger charge is -2.03. The van der Waals surface area contributed by atoms with Crippen molar-refractivity contribution in [2.45, 2.75) is 9.79 Å². The Labute approximate surface area is 115 Å². The quantitative estimate of drug-likeness (QED) is 0.502. The molecule has 0 aliphatic rings. The SMILES string of the molecule is Nc1ccc(SCCSc2ccccc2)cc1F. The van der Waals surface area contributed by atoms with Gasteiger partial charge >= 0.3 is 0 Å². The van der Waals surface area contributed by atoms with E-state index in [1.54, 1.807) is 17.8 Å². The average Bonchev–Trinajstić information content (AvgIpc) is 2.40. The molecule has 0 atom stereocenters. The smallest absolute Gasteiger partial charge is 0.147 e. The van der Waals surface area contributed by atoms with E-state index in [4.69, 9.17) is 5.73 Å². The highest BCUT2D eigenvalue weighted by Crippen LogP contribution is 2.24. The number of anilines is 1. The number of hydrogen-bond donors (Lipinski definition) is 1. The summed E-state index contributed by atoms with van der Waals surface area (Å²) in [6, 6.07) is 15.2. The summed E-state index contributed by atoms with van der Waals surface area (Å²) in [6.07, 6.45) is 0. The van der Waals surface area contributed by atoms with Gasteiger partial charge in [-0.25, -0.2) is 4.39 Å². The lowest BCUT2D eigenvalue weighted by atomic mass is 10.3. The molecule has 0 spiro atoms. The number of hydrogen-bond acceptors (Lipinski definition) is 3. The molecule has 0 saturated heterocycles. The Morgan fingerprint density at radius 2 is 1.56 bits per heavy atom. The van der Waals surface area contributed by atoms with Gasteiger partial charge in [0, 0.05) is 21.3 Å². The second-order valence-electron chi connectivity index (χ2n) is 3.69. The fraction of sp³-hybridized carbons (Fsp3) is 0.143. The molecule has 0 aliphatic heterocycles. The van der Waals surface area contributed by atoms with Crippen molar-refractivity contribution in [2.24, 2.45) is 0 Å². The molecule has 0 unspecified atom stereocenters. The summed E-state index contributed by atoms with van der Waals surface area (Å²) in [5.74, 6) is 1.61. The van der Waals surface area contributed by atoms with Crippen molar-refractivity contribution in [3.05, 3.63) is 54.3 Å². The average molecular weight is 279 g/mol. The van der Waals surface area contributed by atoms with Gasteiger partial charge in [-0.3, -0.25) is 0 Å². The number of thioether (sulfide) groups is 2. The number of nitrogen functional groups attached to an aromatic ring is 1. The van der Waals surface area contributed by atoms with Crippen LogP contribution in [0.15, 0.2) is 58.3 Å². The van der Waals surface area contributed by atoms with Crippen molar-refractivity contribution in [3.8, 4) is 0 Å². The van der Waals surface area contributed by atoms with Gasteiger partial charge in [-0.2, -0.15) is 0 Å². The lowest BCUT2D eigenvalue weighted by Crippen LogP contribution is -1.90. The second-order valence-corrected chi connectivity index (χ2v) is 6.03. The van der Waals surface area contributed by atoms with Crippen molar-refractivity contribution >= 4 is 29.2 Å². The Morgan fingerprint density at radius 3 is 2.22 bits per heavy atom. The van der Waals surface area contributed by atoms with E-state index < -0.39 is 0 Å². The maximum Gasteiger partial charge on any atom is 0.147 e. The van der Waals surface area contributed by atoms with Crippen LogP contribution in [0, 0.1) is 5.82 Å². The highest BCUT2D eigenvalue weighted by Gasteiger charge is 2.00. The molecule has 2 rings (SSSR count). The topological polar surface area (TPSA) is 26.0 Å². The van der Waals surface area contributed by atoms with Gasteiger partial charge in [0.1, 0.15) is 5.82 Å². The third-order valence-corrected chi connectivity index (χ3v) is 4.60. The number of benzene rings is 2. The molecule has 0 aromatic heterocycles. The van der Waals surface area contributed by atoms with Crippen molar-refractivity contribution in [1.29, 1.82) is 0 Å². The van der Waals surface area contributed by atoms with Gasteiger partial charge in [0.15, 0.2) is 0 Å². The molecule has 0 amide bonds. The first-order chi connectivity index (χ1) is 8.75. The van der Waals surface area contributed by atoms with E-state index in [0.29, 0.717) is 0 Å². The minimum absolute atomic E-state index is 0.206. The van der Waals surface area contributed by atoms with Crippen LogP contribution in [-0.2, 0) is 0 Å². The molecule has 0 saturated carbocycles. The molecule has 94 valence electrons. The van der Waals surface area contributed by atoms with Gasteiger partial charge in [0.25, 0.3) is 0 Å². The summed E-state index contributed by atoms with van der Waals surface area (Å²) >= 11 is 3.45. The van der Waals surface area contributed by atoms with E-state index in [1.165, 1.54) is 11.0 Å². The van der Waals surface area contributed by atoms with Crippen molar-refractivity contribution < 1.29 is 4.39 Å². The van der Waals surface area contributed by atoms with Gasteiger partial charge in [0.2, 0.25) is 0 Å². The van der Waals surface area contributed by atoms with Crippen LogP contribution in [0.1, 0.15) is 0 Å². The molecule has 0 heterocycles. The Morgan fingerprint density at radius 1 is 0.889 bits per heavy atom. The third-order valence-electron chi connectivity index (χ3n) is 2.34. The molecule has 0 bridgehead atoms. The zero-order chi connectivity index (χ0) is 12.8. The third kappa shape index (κ3) is 3.96. The summed E-state index contributed by atoms with van der Waals surface area (Å²) in [4.78, 5) is 2.19. The normalized spacial score (nSPS) is 10.5. The van der Waals surface area contributed by atoms with Gasteiger partial charge in [-0.15, -0.1) is 23.5 Å².